The highest BCUT2D eigenvalue weighted by molar-refractivity contribution is 9.10. The third-order valence-electron chi connectivity index (χ3n) is 3.26. The van der Waals surface area contributed by atoms with Crippen LogP contribution in [0.2, 0.25) is 0 Å². The number of rotatable bonds is 4. The third-order valence-corrected chi connectivity index (χ3v) is 5.64. The summed E-state index contributed by atoms with van der Waals surface area (Å²) in [4.78, 5) is 0.0994. The number of sulfonamides is 1. The number of aliphatic hydroxyl groups is 1. The highest BCUT2D eigenvalue weighted by Crippen LogP contribution is 2.25. The van der Waals surface area contributed by atoms with Crippen molar-refractivity contribution < 1.29 is 18.3 Å². The Labute approximate surface area is 126 Å². The molecule has 20 heavy (non-hydrogen) atoms. The zero-order valence-corrected chi connectivity index (χ0v) is 13.2. The van der Waals surface area contributed by atoms with Crippen molar-refractivity contribution in [3.8, 4) is 0 Å². The van der Waals surface area contributed by atoms with Gasteiger partial charge in [-0.3, -0.25) is 0 Å². The van der Waals surface area contributed by atoms with Crippen LogP contribution in [-0.2, 0) is 14.8 Å². The fourth-order valence-electron chi connectivity index (χ4n) is 1.97. The molecule has 8 heteroatoms. The lowest BCUT2D eigenvalue weighted by Crippen LogP contribution is -2.46. The minimum absolute atomic E-state index is 0.0322. The van der Waals surface area contributed by atoms with Gasteiger partial charge >= 0.3 is 0 Å². The predicted octanol–water partition coefficient (Wildman–Crippen LogP) is 0.851. The fraction of sp³-hybridized carbons (Fsp3) is 0.500. The number of anilines is 1. The van der Waals surface area contributed by atoms with E-state index in [2.05, 4.69) is 20.7 Å². The van der Waals surface area contributed by atoms with Gasteiger partial charge in [-0.15, -0.1) is 0 Å². The number of nitrogen functional groups attached to an aromatic ring is 1. The summed E-state index contributed by atoms with van der Waals surface area (Å²) in [6.45, 7) is 0.836. The van der Waals surface area contributed by atoms with Gasteiger partial charge in [0.1, 0.15) is 0 Å². The second-order valence-corrected chi connectivity index (χ2v) is 7.44. The van der Waals surface area contributed by atoms with Crippen molar-refractivity contribution in [3.63, 3.8) is 0 Å². The molecule has 0 unspecified atom stereocenters. The van der Waals surface area contributed by atoms with Gasteiger partial charge in [0.25, 0.3) is 0 Å². The van der Waals surface area contributed by atoms with Crippen molar-refractivity contribution in [2.45, 2.75) is 23.3 Å². The highest BCUT2D eigenvalue weighted by Gasteiger charge is 2.31. The van der Waals surface area contributed by atoms with Crippen LogP contribution in [-0.4, -0.2) is 38.9 Å². The summed E-state index contributed by atoms with van der Waals surface area (Å²) in [5.74, 6) is 0. The van der Waals surface area contributed by atoms with Crippen molar-refractivity contribution in [2.24, 2.45) is 0 Å². The lowest BCUT2D eigenvalue weighted by atomic mass is 9.95. The van der Waals surface area contributed by atoms with E-state index in [1.54, 1.807) is 0 Å². The van der Waals surface area contributed by atoms with Gasteiger partial charge in [-0.05, 0) is 34.1 Å². The molecule has 4 N–H and O–H groups in total. The second-order valence-electron chi connectivity index (χ2n) is 4.85. The van der Waals surface area contributed by atoms with Crippen LogP contribution in [0.1, 0.15) is 12.8 Å². The molecule has 0 spiro atoms. The van der Waals surface area contributed by atoms with Gasteiger partial charge in [-0.25, -0.2) is 13.1 Å². The maximum atomic E-state index is 12.2. The van der Waals surface area contributed by atoms with Crippen LogP contribution in [0.25, 0.3) is 0 Å². The molecule has 1 aliphatic heterocycles. The molecule has 1 aromatic rings. The Balaban J connectivity index is 2.11. The van der Waals surface area contributed by atoms with E-state index in [4.69, 9.17) is 10.5 Å². The normalized spacial score (nSPS) is 18.9. The maximum absolute atomic E-state index is 12.2. The first-order chi connectivity index (χ1) is 9.32. The SMILES string of the molecule is Nc1ccc(S(=O)(=O)NCC2(O)CCOCC2)c(Br)c1. The van der Waals surface area contributed by atoms with Gasteiger partial charge in [0.15, 0.2) is 0 Å². The van der Waals surface area contributed by atoms with Crippen LogP contribution in [0.5, 0.6) is 0 Å². The largest absolute Gasteiger partial charge is 0.399 e. The molecular weight excluding hydrogens is 348 g/mol. The molecule has 0 atom stereocenters. The minimum Gasteiger partial charge on any atom is -0.399 e. The van der Waals surface area contributed by atoms with E-state index < -0.39 is 15.6 Å². The zero-order chi connectivity index (χ0) is 14.8. The summed E-state index contributed by atoms with van der Waals surface area (Å²) in [5, 5.41) is 10.3. The van der Waals surface area contributed by atoms with Gasteiger partial charge < -0.3 is 15.6 Å². The van der Waals surface area contributed by atoms with Crippen molar-refractivity contribution in [2.75, 3.05) is 25.5 Å². The molecule has 1 fully saturated rings. The van der Waals surface area contributed by atoms with E-state index in [-0.39, 0.29) is 11.4 Å². The van der Waals surface area contributed by atoms with E-state index in [1.165, 1.54) is 18.2 Å². The van der Waals surface area contributed by atoms with Crippen molar-refractivity contribution in [1.29, 1.82) is 0 Å². The first-order valence-corrected chi connectivity index (χ1v) is 8.45. The molecule has 0 radical (unpaired) electrons. The molecule has 1 aliphatic rings. The molecule has 0 aromatic heterocycles. The van der Waals surface area contributed by atoms with Gasteiger partial charge in [0, 0.05) is 42.8 Å². The van der Waals surface area contributed by atoms with E-state index in [0.29, 0.717) is 36.2 Å². The molecule has 0 bridgehead atoms. The number of hydrogen-bond acceptors (Lipinski definition) is 5. The number of benzene rings is 1. The number of nitrogens with one attached hydrogen (secondary N) is 1. The van der Waals surface area contributed by atoms with E-state index in [1.807, 2.05) is 0 Å². The number of ether oxygens (including phenoxy) is 1. The molecule has 0 aliphatic carbocycles. The molecule has 2 rings (SSSR count). The third kappa shape index (κ3) is 3.70. The Hall–Kier alpha value is -0.670. The molecule has 6 nitrogen and oxygen atoms in total. The molecular formula is C12H17BrN2O4S. The summed E-state index contributed by atoms with van der Waals surface area (Å²) in [5.41, 5.74) is 5.00. The number of nitrogens with two attached hydrogens (primary N) is 1. The predicted molar refractivity (Wildman–Crippen MR) is 78.7 cm³/mol. The summed E-state index contributed by atoms with van der Waals surface area (Å²) in [6.07, 6.45) is 0.830. The van der Waals surface area contributed by atoms with Crippen LogP contribution in [0.15, 0.2) is 27.6 Å². The monoisotopic (exact) mass is 364 g/mol. The summed E-state index contributed by atoms with van der Waals surface area (Å²) in [6, 6.07) is 4.47. The Morgan fingerprint density at radius 2 is 2.05 bits per heavy atom. The highest BCUT2D eigenvalue weighted by atomic mass is 79.9. The van der Waals surface area contributed by atoms with Crippen LogP contribution in [0, 0.1) is 0 Å². The average Bonchev–Trinajstić information content (AvgIpc) is 2.37. The standard InChI is InChI=1S/C12H17BrN2O4S/c13-10-7-9(14)1-2-11(10)20(17,18)15-8-12(16)3-5-19-6-4-12/h1-2,7,15-16H,3-6,8,14H2. The number of hydrogen-bond donors (Lipinski definition) is 3. The van der Waals surface area contributed by atoms with Crippen molar-refractivity contribution in [3.05, 3.63) is 22.7 Å². The average molecular weight is 365 g/mol. The fourth-order valence-corrected chi connectivity index (χ4v) is 4.18. The molecule has 0 amide bonds. The molecule has 112 valence electrons. The molecule has 1 aromatic carbocycles. The maximum Gasteiger partial charge on any atom is 0.241 e. The Morgan fingerprint density at radius 3 is 2.65 bits per heavy atom. The molecule has 1 saturated heterocycles. The molecule has 1 heterocycles. The summed E-state index contributed by atoms with van der Waals surface area (Å²) >= 11 is 3.18. The van der Waals surface area contributed by atoms with Crippen molar-refractivity contribution >= 4 is 31.6 Å². The van der Waals surface area contributed by atoms with Crippen LogP contribution >= 0.6 is 15.9 Å². The lowest BCUT2D eigenvalue weighted by molar-refractivity contribution is -0.0588. The minimum atomic E-state index is -3.70. The van der Waals surface area contributed by atoms with Gasteiger partial charge in [0.2, 0.25) is 10.0 Å². The van der Waals surface area contributed by atoms with Crippen LogP contribution in [0.4, 0.5) is 5.69 Å². The lowest BCUT2D eigenvalue weighted by Gasteiger charge is -2.32. The van der Waals surface area contributed by atoms with E-state index in [9.17, 15) is 13.5 Å². The van der Waals surface area contributed by atoms with E-state index >= 15 is 0 Å². The smallest absolute Gasteiger partial charge is 0.241 e. The Bertz CT molecular complexity index is 585. The van der Waals surface area contributed by atoms with Gasteiger partial charge in [-0.1, -0.05) is 0 Å². The van der Waals surface area contributed by atoms with Crippen LogP contribution in [0.3, 0.4) is 0 Å². The zero-order valence-electron chi connectivity index (χ0n) is 10.8. The van der Waals surface area contributed by atoms with Gasteiger partial charge in [0.05, 0.1) is 10.5 Å². The quantitative estimate of drug-likeness (QED) is 0.687. The summed E-state index contributed by atoms with van der Waals surface area (Å²) in [7, 11) is -3.70. The Kier molecular flexibility index (Phi) is 4.70. The van der Waals surface area contributed by atoms with Crippen LogP contribution < -0.4 is 10.5 Å². The van der Waals surface area contributed by atoms with Gasteiger partial charge in [-0.2, -0.15) is 0 Å². The molecule has 0 saturated carbocycles. The van der Waals surface area contributed by atoms with Crippen molar-refractivity contribution in [1.82, 2.24) is 4.72 Å². The summed E-state index contributed by atoms with van der Waals surface area (Å²) < 4.78 is 32.4. The second kappa shape index (κ2) is 5.98. The topological polar surface area (TPSA) is 102 Å². The first kappa shape index (κ1) is 15.7. The number of halogens is 1. The first-order valence-electron chi connectivity index (χ1n) is 6.17. The van der Waals surface area contributed by atoms with E-state index in [0.717, 1.165) is 0 Å². The Morgan fingerprint density at radius 1 is 1.40 bits per heavy atom.